The van der Waals surface area contributed by atoms with Gasteiger partial charge in [0.05, 0.1) is 26.2 Å². The number of hydrazine groups is 1. The molecule has 0 aliphatic carbocycles. The summed E-state index contributed by atoms with van der Waals surface area (Å²) in [5.41, 5.74) is 6.15. The lowest BCUT2D eigenvalue weighted by atomic mass is 10.1. The first-order valence-electron chi connectivity index (χ1n) is 8.89. The molecule has 9 nitrogen and oxygen atoms in total. The van der Waals surface area contributed by atoms with Gasteiger partial charge in [0.25, 0.3) is 5.91 Å². The molecule has 0 fully saturated rings. The van der Waals surface area contributed by atoms with Crippen LogP contribution < -0.4 is 20.3 Å². The van der Waals surface area contributed by atoms with Gasteiger partial charge in [0.1, 0.15) is 5.01 Å². The predicted molar refractivity (Wildman–Crippen MR) is 111 cm³/mol. The van der Waals surface area contributed by atoms with Gasteiger partial charge in [-0.05, 0) is 25.5 Å². The molecule has 0 saturated heterocycles. The summed E-state index contributed by atoms with van der Waals surface area (Å²) in [6, 6.07) is 3.05. The molecule has 2 N–H and O–H groups in total. The van der Waals surface area contributed by atoms with Crippen molar-refractivity contribution in [3.05, 3.63) is 52.0 Å². The van der Waals surface area contributed by atoms with Gasteiger partial charge >= 0.3 is 5.97 Å². The third-order valence-electron chi connectivity index (χ3n) is 3.81. The standard InChI is InChI=1S/C20H23N3O6S/c1-5-6-13-7-14(8-15(27-3)19(13)28-4)20(26)29-10-17(25)23-22-16(24)9-18-21-12(2)11-30-18/h5,7-8,11H,1,6,9-10H2,2-4H3,(H,22,24)(H,23,25). The highest BCUT2D eigenvalue weighted by molar-refractivity contribution is 7.09. The molecular weight excluding hydrogens is 410 g/mol. The zero-order chi connectivity index (χ0) is 22.1. The van der Waals surface area contributed by atoms with Crippen LogP contribution in [0.15, 0.2) is 30.2 Å². The van der Waals surface area contributed by atoms with Gasteiger partial charge < -0.3 is 14.2 Å². The van der Waals surface area contributed by atoms with Gasteiger partial charge in [-0.2, -0.15) is 0 Å². The molecule has 10 heteroatoms. The van der Waals surface area contributed by atoms with Crippen LogP contribution >= 0.6 is 11.3 Å². The minimum absolute atomic E-state index is 0.0380. The molecule has 0 aliphatic heterocycles. The van der Waals surface area contributed by atoms with Crippen molar-refractivity contribution in [1.29, 1.82) is 0 Å². The summed E-state index contributed by atoms with van der Waals surface area (Å²) in [4.78, 5) is 40.2. The van der Waals surface area contributed by atoms with E-state index in [-0.39, 0.29) is 12.0 Å². The van der Waals surface area contributed by atoms with E-state index < -0.39 is 24.4 Å². The van der Waals surface area contributed by atoms with Crippen LogP contribution in [0, 0.1) is 6.92 Å². The Balaban J connectivity index is 1.89. The minimum atomic E-state index is -0.721. The number of nitrogens with one attached hydrogen (secondary N) is 2. The van der Waals surface area contributed by atoms with E-state index in [2.05, 4.69) is 22.4 Å². The van der Waals surface area contributed by atoms with Crippen LogP contribution in [0.5, 0.6) is 11.5 Å². The molecule has 0 spiro atoms. The Bertz CT molecular complexity index is 941. The number of hydrogen-bond acceptors (Lipinski definition) is 8. The van der Waals surface area contributed by atoms with Crippen LogP contribution in [-0.4, -0.2) is 43.6 Å². The van der Waals surface area contributed by atoms with Crippen LogP contribution in [0.1, 0.15) is 26.6 Å². The number of ether oxygens (including phenoxy) is 3. The summed E-state index contributed by atoms with van der Waals surface area (Å²) in [5.74, 6) is -0.986. The first-order chi connectivity index (χ1) is 14.4. The van der Waals surface area contributed by atoms with E-state index in [1.54, 1.807) is 12.1 Å². The van der Waals surface area contributed by atoms with Crippen LogP contribution in [0.2, 0.25) is 0 Å². The van der Waals surface area contributed by atoms with Crippen molar-refractivity contribution in [1.82, 2.24) is 15.8 Å². The predicted octanol–water partition coefficient (Wildman–Crippen LogP) is 1.74. The van der Waals surface area contributed by atoms with E-state index in [1.165, 1.54) is 31.6 Å². The molecule has 2 amide bonds. The third kappa shape index (κ3) is 6.31. The average Bonchev–Trinajstić information content (AvgIpc) is 3.14. The molecule has 0 saturated carbocycles. The van der Waals surface area contributed by atoms with E-state index >= 15 is 0 Å². The maximum Gasteiger partial charge on any atom is 0.338 e. The van der Waals surface area contributed by atoms with Gasteiger partial charge in [-0.15, -0.1) is 17.9 Å². The lowest BCUT2D eigenvalue weighted by Crippen LogP contribution is -2.44. The fraction of sp³-hybridized carbons (Fsp3) is 0.300. The number of hydrogen-bond donors (Lipinski definition) is 2. The van der Waals surface area contributed by atoms with Gasteiger partial charge in [0.15, 0.2) is 18.1 Å². The van der Waals surface area contributed by atoms with Gasteiger partial charge in [0.2, 0.25) is 5.91 Å². The van der Waals surface area contributed by atoms with Gasteiger partial charge in [-0.3, -0.25) is 20.4 Å². The molecule has 160 valence electrons. The molecule has 0 radical (unpaired) electrons. The summed E-state index contributed by atoms with van der Waals surface area (Å²) >= 11 is 1.35. The number of aryl methyl sites for hydroxylation is 1. The molecule has 0 bridgehead atoms. The number of carbonyl (C=O) groups excluding carboxylic acids is 3. The normalized spacial score (nSPS) is 10.1. The molecule has 1 heterocycles. The van der Waals surface area contributed by atoms with Crippen molar-refractivity contribution >= 4 is 29.1 Å². The van der Waals surface area contributed by atoms with E-state index in [9.17, 15) is 14.4 Å². The largest absolute Gasteiger partial charge is 0.493 e. The number of allylic oxidation sites excluding steroid dienone is 1. The number of amides is 2. The van der Waals surface area contributed by atoms with Crippen molar-refractivity contribution in [2.75, 3.05) is 20.8 Å². The SMILES string of the molecule is C=CCc1cc(C(=O)OCC(=O)NNC(=O)Cc2nc(C)cs2)cc(OC)c1OC. The van der Waals surface area contributed by atoms with Crippen molar-refractivity contribution in [3.8, 4) is 11.5 Å². The summed E-state index contributed by atoms with van der Waals surface area (Å²) in [6.45, 7) is 4.94. The lowest BCUT2D eigenvalue weighted by Gasteiger charge is -2.14. The highest BCUT2D eigenvalue weighted by Gasteiger charge is 2.18. The number of aromatic nitrogens is 1. The Kier molecular flexibility index (Phi) is 8.36. The van der Waals surface area contributed by atoms with Gasteiger partial charge in [-0.25, -0.2) is 9.78 Å². The fourth-order valence-electron chi connectivity index (χ4n) is 2.52. The number of thiazole rings is 1. The van der Waals surface area contributed by atoms with E-state index in [4.69, 9.17) is 14.2 Å². The van der Waals surface area contributed by atoms with Crippen LogP contribution in [0.25, 0.3) is 0 Å². The smallest absolute Gasteiger partial charge is 0.338 e. The molecule has 0 aliphatic rings. The number of rotatable bonds is 9. The molecule has 0 unspecified atom stereocenters. The molecular formula is C20H23N3O6S. The summed E-state index contributed by atoms with van der Waals surface area (Å²) in [7, 11) is 2.95. The maximum absolute atomic E-state index is 12.3. The second-order valence-corrected chi connectivity index (χ2v) is 7.04. The number of nitrogens with zero attached hydrogens (tertiary/aromatic N) is 1. The fourth-order valence-corrected chi connectivity index (χ4v) is 3.29. The van der Waals surface area contributed by atoms with Crippen molar-refractivity contribution in [3.63, 3.8) is 0 Å². The van der Waals surface area contributed by atoms with Gasteiger partial charge in [0, 0.05) is 16.6 Å². The molecule has 30 heavy (non-hydrogen) atoms. The average molecular weight is 433 g/mol. The quantitative estimate of drug-likeness (QED) is 0.352. The maximum atomic E-state index is 12.3. The zero-order valence-electron chi connectivity index (χ0n) is 16.9. The van der Waals surface area contributed by atoms with Crippen molar-refractivity contribution in [2.24, 2.45) is 0 Å². The molecule has 1 aromatic carbocycles. The Hall–Kier alpha value is -3.40. The first-order valence-corrected chi connectivity index (χ1v) is 9.77. The van der Waals surface area contributed by atoms with E-state index in [1.807, 2.05) is 12.3 Å². The van der Waals surface area contributed by atoms with Crippen LogP contribution in [-0.2, 0) is 27.2 Å². The Morgan fingerprint density at radius 3 is 2.50 bits per heavy atom. The van der Waals surface area contributed by atoms with E-state index in [0.717, 1.165) is 5.69 Å². The molecule has 2 aromatic rings. The van der Waals surface area contributed by atoms with Crippen LogP contribution in [0.4, 0.5) is 0 Å². The van der Waals surface area contributed by atoms with Crippen molar-refractivity contribution in [2.45, 2.75) is 19.8 Å². The zero-order valence-corrected chi connectivity index (χ0v) is 17.8. The lowest BCUT2D eigenvalue weighted by molar-refractivity contribution is -0.130. The summed E-state index contributed by atoms with van der Waals surface area (Å²) in [5, 5.41) is 2.46. The van der Waals surface area contributed by atoms with E-state index in [0.29, 0.717) is 28.5 Å². The van der Waals surface area contributed by atoms with Gasteiger partial charge in [-0.1, -0.05) is 6.08 Å². The third-order valence-corrected chi connectivity index (χ3v) is 4.78. The number of esters is 1. The summed E-state index contributed by atoms with van der Waals surface area (Å²) in [6.07, 6.45) is 2.15. The first kappa shape index (κ1) is 22.9. The molecule has 2 rings (SSSR count). The highest BCUT2D eigenvalue weighted by atomic mass is 32.1. The Morgan fingerprint density at radius 2 is 1.90 bits per heavy atom. The number of benzene rings is 1. The second kappa shape index (κ2) is 11.0. The Labute approximate surface area is 178 Å². The molecule has 0 atom stereocenters. The topological polar surface area (TPSA) is 116 Å². The highest BCUT2D eigenvalue weighted by Crippen LogP contribution is 2.33. The number of methoxy groups -OCH3 is 2. The Morgan fingerprint density at radius 1 is 1.17 bits per heavy atom. The second-order valence-electron chi connectivity index (χ2n) is 6.10. The minimum Gasteiger partial charge on any atom is -0.493 e. The number of carbonyl (C=O) groups is 3. The summed E-state index contributed by atoms with van der Waals surface area (Å²) < 4.78 is 15.6. The monoisotopic (exact) mass is 433 g/mol. The van der Waals surface area contributed by atoms with Crippen molar-refractivity contribution < 1.29 is 28.6 Å². The molecule has 1 aromatic heterocycles. The van der Waals surface area contributed by atoms with Crippen LogP contribution in [0.3, 0.4) is 0 Å².